The number of nitrogens with zero attached hydrogens (tertiary/aromatic N) is 3. The number of aryl methyl sites for hydroxylation is 1. The van der Waals surface area contributed by atoms with E-state index in [0.717, 1.165) is 17.3 Å². The Morgan fingerprint density at radius 1 is 1.23 bits per heavy atom. The van der Waals surface area contributed by atoms with Gasteiger partial charge in [0.1, 0.15) is 11.8 Å². The number of pyridine rings is 1. The molecular formula is C24H21F3N4O4. The Kier molecular flexibility index (Phi) is 5.70. The summed E-state index contributed by atoms with van der Waals surface area (Å²) < 4.78 is 51.6. The lowest BCUT2D eigenvalue weighted by atomic mass is 9.98. The zero-order chi connectivity index (χ0) is 24.7. The van der Waals surface area contributed by atoms with E-state index < -0.39 is 23.9 Å². The van der Waals surface area contributed by atoms with Crippen LogP contribution in [0.25, 0.3) is 22.6 Å². The van der Waals surface area contributed by atoms with E-state index >= 15 is 0 Å². The minimum Gasteiger partial charge on any atom is -0.442 e. The number of hydrogen-bond acceptors (Lipinski definition) is 6. The number of cyclic esters (lactones) is 1. The first kappa shape index (κ1) is 22.9. The molecule has 1 aliphatic carbocycles. The van der Waals surface area contributed by atoms with Crippen molar-refractivity contribution < 1.29 is 32.0 Å². The van der Waals surface area contributed by atoms with E-state index in [-0.39, 0.29) is 30.3 Å². The minimum atomic E-state index is -4.57. The van der Waals surface area contributed by atoms with Gasteiger partial charge in [-0.05, 0) is 49.1 Å². The minimum absolute atomic E-state index is 0.0670. The molecule has 2 aliphatic rings. The van der Waals surface area contributed by atoms with Crippen LogP contribution in [0.15, 0.2) is 41.2 Å². The molecule has 182 valence electrons. The molecule has 0 spiro atoms. The second-order valence-corrected chi connectivity index (χ2v) is 8.51. The van der Waals surface area contributed by atoms with Gasteiger partial charge in [0.05, 0.1) is 18.7 Å². The average Bonchev–Trinajstić information content (AvgIpc) is 3.35. The molecule has 1 saturated heterocycles. The van der Waals surface area contributed by atoms with Crippen molar-refractivity contribution in [3.63, 3.8) is 0 Å². The van der Waals surface area contributed by atoms with Crippen LogP contribution in [0.5, 0.6) is 0 Å². The van der Waals surface area contributed by atoms with E-state index in [9.17, 15) is 22.8 Å². The van der Waals surface area contributed by atoms with Gasteiger partial charge in [-0.25, -0.2) is 4.79 Å². The highest BCUT2D eigenvalue weighted by Crippen LogP contribution is 2.42. The van der Waals surface area contributed by atoms with Crippen molar-refractivity contribution in [3.8, 4) is 22.6 Å². The Labute approximate surface area is 198 Å². The molecule has 1 atom stereocenters. The van der Waals surface area contributed by atoms with Crippen LogP contribution >= 0.6 is 0 Å². The van der Waals surface area contributed by atoms with Gasteiger partial charge in [0.15, 0.2) is 5.76 Å². The largest absolute Gasteiger partial charge is 0.442 e. The quantitative estimate of drug-likeness (QED) is 0.588. The fourth-order valence-corrected chi connectivity index (χ4v) is 4.52. The third-order valence-corrected chi connectivity index (χ3v) is 6.14. The summed E-state index contributed by atoms with van der Waals surface area (Å²) in [6.45, 7) is 1.91. The number of ether oxygens (including phenoxy) is 1. The SMILES string of the molecule is CC(=O)NCC1CN(c2ccc3c(c2)CCCc2c(-c4ccncc4C(F)(F)F)noc2-3)C(=O)O1. The Bertz CT molecular complexity index is 1300. The Balaban J connectivity index is 1.47. The summed E-state index contributed by atoms with van der Waals surface area (Å²) in [7, 11) is 0. The van der Waals surface area contributed by atoms with Gasteiger partial charge in [-0.15, -0.1) is 0 Å². The Hall–Kier alpha value is -3.89. The molecule has 0 bridgehead atoms. The number of alkyl halides is 3. The van der Waals surface area contributed by atoms with Crippen LogP contribution in [0.3, 0.4) is 0 Å². The number of fused-ring (bicyclic) bond motifs is 3. The molecule has 0 saturated carbocycles. The van der Waals surface area contributed by atoms with E-state index in [1.807, 2.05) is 6.07 Å². The standard InChI is InChI=1S/C24H21F3N4O4/c1-13(32)29-10-16-12-31(23(33)34-16)15-5-6-17-14(9-15)3-2-4-19-21(30-35-22(17)19)18-7-8-28-11-20(18)24(25,26)27/h5-9,11,16H,2-4,10,12H2,1H3,(H,29,32). The van der Waals surface area contributed by atoms with Crippen LogP contribution < -0.4 is 10.2 Å². The van der Waals surface area contributed by atoms with Crippen molar-refractivity contribution >= 4 is 17.7 Å². The molecule has 5 rings (SSSR count). The second-order valence-electron chi connectivity index (χ2n) is 8.51. The van der Waals surface area contributed by atoms with Crippen molar-refractivity contribution in [3.05, 3.63) is 53.3 Å². The maximum absolute atomic E-state index is 13.6. The molecule has 1 unspecified atom stereocenters. The summed E-state index contributed by atoms with van der Waals surface area (Å²) in [5.41, 5.74) is 2.10. The normalized spacial score (nSPS) is 17.4. The summed E-state index contributed by atoms with van der Waals surface area (Å²) in [6.07, 6.45) is -1.64. The number of carbonyl (C=O) groups excluding carboxylic acids is 2. The molecule has 3 heterocycles. The molecule has 1 aromatic carbocycles. The zero-order valence-electron chi connectivity index (χ0n) is 18.7. The van der Waals surface area contributed by atoms with Crippen molar-refractivity contribution in [2.24, 2.45) is 0 Å². The summed E-state index contributed by atoms with van der Waals surface area (Å²) in [6, 6.07) is 6.69. The van der Waals surface area contributed by atoms with Gasteiger partial charge in [-0.1, -0.05) is 5.16 Å². The van der Waals surface area contributed by atoms with Crippen LogP contribution in [0.1, 0.15) is 30.0 Å². The highest BCUT2D eigenvalue weighted by Gasteiger charge is 2.37. The molecule has 1 aliphatic heterocycles. The van der Waals surface area contributed by atoms with Crippen LogP contribution in [0, 0.1) is 0 Å². The first-order chi connectivity index (χ1) is 16.7. The molecule has 35 heavy (non-hydrogen) atoms. The van der Waals surface area contributed by atoms with Gasteiger partial charge in [0.2, 0.25) is 5.91 Å². The van der Waals surface area contributed by atoms with E-state index in [0.29, 0.717) is 36.3 Å². The second kappa shape index (κ2) is 8.71. The molecule has 2 amide bonds. The topological polar surface area (TPSA) is 97.6 Å². The smallest absolute Gasteiger partial charge is 0.418 e. The average molecular weight is 486 g/mol. The monoisotopic (exact) mass is 486 g/mol. The predicted octanol–water partition coefficient (Wildman–Crippen LogP) is 4.37. The van der Waals surface area contributed by atoms with Crippen molar-refractivity contribution in [2.45, 2.75) is 38.5 Å². The lowest BCUT2D eigenvalue weighted by Crippen LogP contribution is -2.33. The lowest BCUT2D eigenvalue weighted by Gasteiger charge is -2.15. The Morgan fingerprint density at radius 2 is 2.06 bits per heavy atom. The van der Waals surface area contributed by atoms with Gasteiger partial charge in [0, 0.05) is 41.7 Å². The van der Waals surface area contributed by atoms with Crippen molar-refractivity contribution in [1.29, 1.82) is 0 Å². The number of amides is 2. The first-order valence-electron chi connectivity index (χ1n) is 11.1. The van der Waals surface area contributed by atoms with Gasteiger partial charge in [-0.3, -0.25) is 14.7 Å². The van der Waals surface area contributed by atoms with Gasteiger partial charge < -0.3 is 14.6 Å². The zero-order valence-corrected chi connectivity index (χ0v) is 18.7. The van der Waals surface area contributed by atoms with Crippen LogP contribution in [-0.2, 0) is 28.5 Å². The van der Waals surface area contributed by atoms with Crippen LogP contribution in [0.2, 0.25) is 0 Å². The molecule has 0 radical (unpaired) electrons. The highest BCUT2D eigenvalue weighted by atomic mass is 19.4. The molecule has 2 aromatic heterocycles. The molecule has 1 fully saturated rings. The molecule has 1 N–H and O–H groups in total. The number of halogens is 3. The molecule has 8 nitrogen and oxygen atoms in total. The summed E-state index contributed by atoms with van der Waals surface area (Å²) >= 11 is 0. The van der Waals surface area contributed by atoms with E-state index in [1.54, 1.807) is 12.1 Å². The number of benzene rings is 1. The number of hydrogen-bond donors (Lipinski definition) is 1. The lowest BCUT2D eigenvalue weighted by molar-refractivity contribution is -0.137. The third kappa shape index (κ3) is 4.33. The number of anilines is 1. The van der Waals surface area contributed by atoms with E-state index in [4.69, 9.17) is 9.26 Å². The fourth-order valence-electron chi connectivity index (χ4n) is 4.52. The summed E-state index contributed by atoms with van der Waals surface area (Å²) in [4.78, 5) is 28.7. The van der Waals surface area contributed by atoms with E-state index in [1.165, 1.54) is 24.1 Å². The highest BCUT2D eigenvalue weighted by molar-refractivity contribution is 5.91. The van der Waals surface area contributed by atoms with Crippen LogP contribution in [0.4, 0.5) is 23.7 Å². The molecule has 11 heteroatoms. The molecular weight excluding hydrogens is 465 g/mol. The van der Waals surface area contributed by atoms with Crippen molar-refractivity contribution in [1.82, 2.24) is 15.5 Å². The third-order valence-electron chi connectivity index (χ3n) is 6.14. The number of aromatic nitrogens is 2. The number of carbonyl (C=O) groups is 2. The maximum Gasteiger partial charge on any atom is 0.418 e. The number of rotatable bonds is 4. The van der Waals surface area contributed by atoms with Gasteiger partial charge in [0.25, 0.3) is 0 Å². The van der Waals surface area contributed by atoms with E-state index in [2.05, 4.69) is 15.5 Å². The number of nitrogens with one attached hydrogen (secondary N) is 1. The summed E-state index contributed by atoms with van der Waals surface area (Å²) in [5.74, 6) is 0.220. The predicted molar refractivity (Wildman–Crippen MR) is 118 cm³/mol. The Morgan fingerprint density at radius 3 is 2.83 bits per heavy atom. The van der Waals surface area contributed by atoms with Crippen molar-refractivity contribution in [2.75, 3.05) is 18.0 Å². The van der Waals surface area contributed by atoms with Crippen LogP contribution in [-0.4, -0.2) is 41.3 Å². The maximum atomic E-state index is 13.6. The first-order valence-corrected chi connectivity index (χ1v) is 11.1. The van der Waals surface area contributed by atoms with Gasteiger partial charge in [-0.2, -0.15) is 13.2 Å². The summed E-state index contributed by atoms with van der Waals surface area (Å²) in [5, 5.41) is 6.66. The van der Waals surface area contributed by atoms with Gasteiger partial charge >= 0.3 is 12.3 Å². The fraction of sp³-hybridized carbons (Fsp3) is 0.333. The molecule has 3 aromatic rings.